The van der Waals surface area contributed by atoms with Crippen LogP contribution in [-0.2, 0) is 10.5 Å². The van der Waals surface area contributed by atoms with E-state index in [2.05, 4.69) is 17.2 Å². The predicted molar refractivity (Wildman–Crippen MR) is 104 cm³/mol. The molecule has 0 radical (unpaired) electrons. The van der Waals surface area contributed by atoms with E-state index in [1.807, 2.05) is 51.1 Å². The minimum atomic E-state index is -0.559. The topological polar surface area (TPSA) is 53.4 Å². The number of thioether (sulfide) groups is 1. The number of nitrogens with zero attached hydrogens (tertiary/aromatic N) is 2. The summed E-state index contributed by atoms with van der Waals surface area (Å²) < 4.78 is 11.9. The summed E-state index contributed by atoms with van der Waals surface area (Å²) in [5.41, 5.74) is 1.39. The van der Waals surface area contributed by atoms with Crippen molar-refractivity contribution >= 4 is 28.8 Å². The van der Waals surface area contributed by atoms with Gasteiger partial charge in [0, 0.05) is 16.0 Å². The number of hydrogen-bond donors (Lipinski definition) is 0. The summed E-state index contributed by atoms with van der Waals surface area (Å²) in [5.74, 6) is 1.67. The van der Waals surface area contributed by atoms with Crippen molar-refractivity contribution in [3.05, 3.63) is 54.2 Å². The van der Waals surface area contributed by atoms with Crippen molar-refractivity contribution in [2.24, 2.45) is 0 Å². The maximum Gasteiger partial charge on any atom is 0.435 e. The quantitative estimate of drug-likeness (QED) is 0.597. The van der Waals surface area contributed by atoms with Crippen molar-refractivity contribution in [1.82, 2.24) is 9.78 Å². The van der Waals surface area contributed by atoms with Crippen LogP contribution in [0.4, 0.5) is 4.79 Å². The van der Waals surface area contributed by atoms with Gasteiger partial charge in [-0.1, -0.05) is 18.2 Å². The summed E-state index contributed by atoms with van der Waals surface area (Å²) in [6.45, 7) is 5.52. The molecule has 0 N–H and O–H groups in total. The average Bonchev–Trinajstić information content (AvgIpc) is 3.04. The van der Waals surface area contributed by atoms with Gasteiger partial charge in [-0.05, 0) is 50.6 Å². The standard InChI is InChI=1S/C20H22N2O3S/c1-20(2,3)25-19(23)22-17-6-5-7-18(16(17)12-21-22)26-13-14-8-10-15(24-4)11-9-14/h5-12H,13H2,1-4H3. The molecule has 2 aromatic carbocycles. The summed E-state index contributed by atoms with van der Waals surface area (Å²) >= 11 is 1.71. The molecule has 0 atom stereocenters. The van der Waals surface area contributed by atoms with Gasteiger partial charge in [0.2, 0.25) is 0 Å². The molecule has 3 rings (SSSR count). The van der Waals surface area contributed by atoms with Crippen LogP contribution in [0.25, 0.3) is 10.9 Å². The van der Waals surface area contributed by atoms with Crippen molar-refractivity contribution < 1.29 is 14.3 Å². The lowest BCUT2D eigenvalue weighted by Crippen LogP contribution is -2.27. The van der Waals surface area contributed by atoms with Crippen LogP contribution in [0.3, 0.4) is 0 Å². The molecule has 0 fully saturated rings. The van der Waals surface area contributed by atoms with Gasteiger partial charge in [-0.25, -0.2) is 4.79 Å². The van der Waals surface area contributed by atoms with E-state index in [0.717, 1.165) is 27.3 Å². The first-order valence-electron chi connectivity index (χ1n) is 8.33. The summed E-state index contributed by atoms with van der Waals surface area (Å²) in [7, 11) is 1.66. The third-order valence-corrected chi connectivity index (χ3v) is 4.84. The van der Waals surface area contributed by atoms with Gasteiger partial charge in [0.25, 0.3) is 0 Å². The van der Waals surface area contributed by atoms with Crippen LogP contribution in [-0.4, -0.2) is 28.6 Å². The Bertz CT molecular complexity index is 911. The molecule has 0 aliphatic carbocycles. The molecular formula is C20H22N2O3S. The first kappa shape index (κ1) is 18.3. The van der Waals surface area contributed by atoms with Crippen LogP contribution in [0.2, 0.25) is 0 Å². The molecule has 3 aromatic rings. The normalized spacial score (nSPS) is 11.5. The molecule has 0 saturated carbocycles. The van der Waals surface area contributed by atoms with E-state index in [1.165, 1.54) is 10.2 Å². The van der Waals surface area contributed by atoms with Crippen LogP contribution >= 0.6 is 11.8 Å². The molecule has 0 aliphatic heterocycles. The van der Waals surface area contributed by atoms with Gasteiger partial charge in [0.1, 0.15) is 11.4 Å². The second kappa shape index (κ2) is 7.41. The van der Waals surface area contributed by atoms with E-state index in [9.17, 15) is 4.79 Å². The number of aromatic nitrogens is 2. The molecule has 26 heavy (non-hydrogen) atoms. The molecule has 1 aromatic heterocycles. The van der Waals surface area contributed by atoms with Crippen molar-refractivity contribution in [2.45, 2.75) is 37.0 Å². The SMILES string of the molecule is COc1ccc(CSc2cccc3c2cnn3C(=O)OC(C)(C)C)cc1. The number of carbonyl (C=O) groups is 1. The summed E-state index contributed by atoms with van der Waals surface area (Å²) in [6, 6.07) is 13.9. The zero-order valence-corrected chi connectivity index (χ0v) is 16.2. The molecule has 0 bridgehead atoms. The maximum absolute atomic E-state index is 12.3. The van der Waals surface area contributed by atoms with Gasteiger partial charge >= 0.3 is 6.09 Å². The van der Waals surface area contributed by atoms with Gasteiger partial charge in [-0.3, -0.25) is 0 Å². The lowest BCUT2D eigenvalue weighted by molar-refractivity contribution is 0.0522. The molecule has 1 heterocycles. The Labute approximate surface area is 157 Å². The van der Waals surface area contributed by atoms with Crippen LogP contribution in [0.5, 0.6) is 5.75 Å². The predicted octanol–water partition coefficient (Wildman–Crippen LogP) is 5.12. The number of ether oxygens (including phenoxy) is 2. The maximum atomic E-state index is 12.3. The minimum absolute atomic E-state index is 0.468. The smallest absolute Gasteiger partial charge is 0.435 e. The minimum Gasteiger partial charge on any atom is -0.497 e. The number of hydrogen-bond acceptors (Lipinski definition) is 5. The van der Waals surface area contributed by atoms with Crippen LogP contribution in [0.1, 0.15) is 26.3 Å². The van der Waals surface area contributed by atoms with Gasteiger partial charge in [-0.2, -0.15) is 9.78 Å². The second-order valence-electron chi connectivity index (χ2n) is 6.86. The monoisotopic (exact) mass is 370 g/mol. The molecule has 0 amide bonds. The fourth-order valence-corrected chi connectivity index (χ4v) is 3.49. The van der Waals surface area contributed by atoms with Gasteiger partial charge in [0.05, 0.1) is 18.8 Å². The fraction of sp³-hybridized carbons (Fsp3) is 0.300. The first-order chi connectivity index (χ1) is 12.4. The summed E-state index contributed by atoms with van der Waals surface area (Å²) in [4.78, 5) is 13.4. The van der Waals surface area contributed by atoms with E-state index >= 15 is 0 Å². The largest absolute Gasteiger partial charge is 0.497 e. The van der Waals surface area contributed by atoms with Crippen LogP contribution in [0.15, 0.2) is 53.6 Å². The summed E-state index contributed by atoms with van der Waals surface area (Å²) in [5, 5.41) is 5.17. The highest BCUT2D eigenvalue weighted by Crippen LogP contribution is 2.31. The fourth-order valence-electron chi connectivity index (χ4n) is 2.48. The molecule has 0 spiro atoms. The first-order valence-corrected chi connectivity index (χ1v) is 9.32. The summed E-state index contributed by atoms with van der Waals surface area (Å²) in [6.07, 6.45) is 1.25. The van der Waals surface area contributed by atoms with Gasteiger partial charge < -0.3 is 9.47 Å². The van der Waals surface area contributed by atoms with Crippen molar-refractivity contribution in [3.63, 3.8) is 0 Å². The lowest BCUT2D eigenvalue weighted by Gasteiger charge is -2.19. The zero-order chi connectivity index (χ0) is 18.7. The van der Waals surface area contributed by atoms with Crippen molar-refractivity contribution in [3.8, 4) is 5.75 Å². The highest BCUT2D eigenvalue weighted by atomic mass is 32.2. The molecule has 6 heteroatoms. The molecule has 0 unspecified atom stereocenters. The Balaban J connectivity index is 1.80. The Kier molecular flexibility index (Phi) is 5.23. The highest BCUT2D eigenvalue weighted by molar-refractivity contribution is 7.98. The molecule has 0 aliphatic rings. The molecular weight excluding hydrogens is 348 g/mol. The van der Waals surface area contributed by atoms with Gasteiger partial charge in [-0.15, -0.1) is 11.8 Å². The second-order valence-corrected chi connectivity index (χ2v) is 7.88. The number of methoxy groups -OCH3 is 1. The molecule has 136 valence electrons. The van der Waals surface area contributed by atoms with E-state index in [1.54, 1.807) is 25.1 Å². The average molecular weight is 370 g/mol. The van der Waals surface area contributed by atoms with Crippen LogP contribution in [0, 0.1) is 0 Å². The van der Waals surface area contributed by atoms with Gasteiger partial charge in [0.15, 0.2) is 0 Å². The Hall–Kier alpha value is -2.47. The van der Waals surface area contributed by atoms with E-state index in [4.69, 9.17) is 9.47 Å². The highest BCUT2D eigenvalue weighted by Gasteiger charge is 2.20. The Morgan fingerprint density at radius 3 is 2.54 bits per heavy atom. The van der Waals surface area contributed by atoms with Crippen LogP contribution < -0.4 is 4.74 Å². The molecule has 5 nitrogen and oxygen atoms in total. The number of carbonyl (C=O) groups excluding carboxylic acids is 1. The Morgan fingerprint density at radius 1 is 1.15 bits per heavy atom. The van der Waals surface area contributed by atoms with E-state index < -0.39 is 11.7 Å². The molecule has 0 saturated heterocycles. The number of fused-ring (bicyclic) bond motifs is 1. The third-order valence-electron chi connectivity index (χ3n) is 3.69. The number of rotatable bonds is 4. The Morgan fingerprint density at radius 2 is 1.88 bits per heavy atom. The van der Waals surface area contributed by atoms with E-state index in [0.29, 0.717) is 0 Å². The number of benzene rings is 2. The third kappa shape index (κ3) is 4.19. The zero-order valence-electron chi connectivity index (χ0n) is 15.4. The van der Waals surface area contributed by atoms with E-state index in [-0.39, 0.29) is 0 Å². The van der Waals surface area contributed by atoms with Crippen molar-refractivity contribution in [2.75, 3.05) is 7.11 Å². The van der Waals surface area contributed by atoms with Crippen molar-refractivity contribution in [1.29, 1.82) is 0 Å². The lowest BCUT2D eigenvalue weighted by atomic mass is 10.2.